The number of nitriles is 1. The van der Waals surface area contributed by atoms with Gasteiger partial charge in [-0.15, -0.1) is 0 Å². The number of carbonyl (C=O) groups is 2. The molecular weight excluding hydrogens is 368 g/mol. The number of rotatable bonds is 3. The Balaban J connectivity index is 1.51. The summed E-state index contributed by atoms with van der Waals surface area (Å²) in [6.45, 7) is -0.565. The van der Waals surface area contributed by atoms with E-state index in [1.54, 1.807) is 40.0 Å². The first-order valence-electron chi connectivity index (χ1n) is 8.84. The van der Waals surface area contributed by atoms with Gasteiger partial charge in [-0.1, -0.05) is 6.07 Å². The van der Waals surface area contributed by atoms with Gasteiger partial charge in [-0.2, -0.15) is 10.4 Å². The monoisotopic (exact) mass is 385 g/mol. The Morgan fingerprint density at radius 1 is 1.25 bits per heavy atom. The summed E-state index contributed by atoms with van der Waals surface area (Å²) in [6, 6.07) is 9.77. The average molecular weight is 385 g/mol. The predicted octanol–water partition coefficient (Wildman–Crippen LogP) is 1.82. The quantitative estimate of drug-likeness (QED) is 0.807. The van der Waals surface area contributed by atoms with E-state index in [1.807, 2.05) is 6.07 Å². The van der Waals surface area contributed by atoms with Gasteiger partial charge in [0.1, 0.15) is 0 Å². The molecule has 4 rings (SSSR count). The lowest BCUT2D eigenvalue weighted by atomic mass is 10.0. The van der Waals surface area contributed by atoms with Crippen LogP contribution in [0, 0.1) is 11.3 Å². The second-order valence-corrected chi connectivity index (χ2v) is 7.11. The van der Waals surface area contributed by atoms with Gasteiger partial charge in [0.05, 0.1) is 49.4 Å². The molecule has 0 bridgehead atoms. The normalized spacial score (nSPS) is 20.1. The molecule has 1 atom stereocenters. The highest BCUT2D eigenvalue weighted by Crippen LogP contribution is 2.30. The number of fused-ring (bicyclic) bond motifs is 1. The van der Waals surface area contributed by atoms with Gasteiger partial charge in [0.25, 0.3) is 11.8 Å². The van der Waals surface area contributed by atoms with Crippen LogP contribution in [0.1, 0.15) is 34.1 Å². The molecule has 1 fully saturated rings. The Hall–Kier alpha value is -3.28. The van der Waals surface area contributed by atoms with E-state index in [2.05, 4.69) is 5.10 Å². The van der Waals surface area contributed by atoms with E-state index in [-0.39, 0.29) is 24.8 Å². The van der Waals surface area contributed by atoms with Gasteiger partial charge in [0.15, 0.2) is 0 Å². The van der Waals surface area contributed by atoms with Crippen LogP contribution in [0.4, 0.5) is 8.78 Å². The van der Waals surface area contributed by atoms with E-state index >= 15 is 0 Å². The van der Waals surface area contributed by atoms with Crippen molar-refractivity contribution in [3.63, 3.8) is 0 Å². The highest BCUT2D eigenvalue weighted by molar-refractivity contribution is 5.94. The summed E-state index contributed by atoms with van der Waals surface area (Å²) in [5.74, 6) is -3.44. The number of amides is 2. The largest absolute Gasteiger partial charge is 0.331 e. The first-order chi connectivity index (χ1) is 13.4. The smallest absolute Gasteiger partial charge is 0.282 e. The Morgan fingerprint density at radius 3 is 2.75 bits per heavy atom. The number of hydrogen-bond acceptors (Lipinski definition) is 4. The van der Waals surface area contributed by atoms with Gasteiger partial charge < -0.3 is 9.80 Å². The predicted molar refractivity (Wildman–Crippen MR) is 93.3 cm³/mol. The molecule has 28 heavy (non-hydrogen) atoms. The van der Waals surface area contributed by atoms with E-state index in [0.29, 0.717) is 17.7 Å². The highest BCUT2D eigenvalue weighted by atomic mass is 19.3. The average Bonchev–Trinajstić information content (AvgIpc) is 3.14. The van der Waals surface area contributed by atoms with Crippen LogP contribution in [-0.2, 0) is 11.3 Å². The fourth-order valence-corrected chi connectivity index (χ4v) is 3.62. The van der Waals surface area contributed by atoms with Gasteiger partial charge >= 0.3 is 0 Å². The van der Waals surface area contributed by atoms with Gasteiger partial charge in [-0.25, -0.2) is 8.78 Å². The van der Waals surface area contributed by atoms with E-state index in [4.69, 9.17) is 5.26 Å². The van der Waals surface area contributed by atoms with Gasteiger partial charge in [-0.3, -0.25) is 14.3 Å². The maximum Gasteiger partial charge on any atom is 0.282 e. The summed E-state index contributed by atoms with van der Waals surface area (Å²) in [4.78, 5) is 28.0. The van der Waals surface area contributed by atoms with Gasteiger partial charge in [0.2, 0.25) is 5.91 Å². The third-order valence-corrected chi connectivity index (χ3v) is 5.02. The van der Waals surface area contributed by atoms with Crippen molar-refractivity contribution in [2.75, 3.05) is 19.6 Å². The summed E-state index contributed by atoms with van der Waals surface area (Å²) in [6.07, 6.45) is 1.58. The molecule has 1 aromatic carbocycles. The van der Waals surface area contributed by atoms with E-state index < -0.39 is 25.1 Å². The first kappa shape index (κ1) is 18.1. The summed E-state index contributed by atoms with van der Waals surface area (Å²) in [7, 11) is 0. The van der Waals surface area contributed by atoms with Crippen molar-refractivity contribution in [3.8, 4) is 6.07 Å². The lowest BCUT2D eigenvalue weighted by Gasteiger charge is -2.40. The number of carbonyl (C=O) groups excluding carboxylic acids is 2. The standard InChI is InChI=1S/C19H17F2N5O2/c20-19(21)11-25(12-19)17(27)7-16-10-24(9-15-4-5-23-26(15)16)18(28)14-3-1-2-13(6-14)8-22/h1-6,16H,7,9-12H2/t16-/m1/s1. The minimum absolute atomic E-state index is 0.00717. The lowest BCUT2D eigenvalue weighted by molar-refractivity contribution is -0.166. The molecule has 2 aliphatic heterocycles. The minimum atomic E-state index is -2.81. The molecule has 2 amide bonds. The van der Waals surface area contributed by atoms with E-state index in [0.717, 1.165) is 10.6 Å². The number of nitrogens with zero attached hydrogens (tertiary/aromatic N) is 5. The van der Waals surface area contributed by atoms with Crippen molar-refractivity contribution < 1.29 is 18.4 Å². The van der Waals surface area contributed by atoms with Crippen LogP contribution in [0.2, 0.25) is 0 Å². The molecule has 0 saturated carbocycles. The van der Waals surface area contributed by atoms with Crippen LogP contribution in [-0.4, -0.2) is 57.0 Å². The van der Waals surface area contributed by atoms with Crippen LogP contribution in [0.5, 0.6) is 0 Å². The fourth-order valence-electron chi connectivity index (χ4n) is 3.62. The summed E-state index contributed by atoms with van der Waals surface area (Å²) < 4.78 is 27.8. The summed E-state index contributed by atoms with van der Waals surface area (Å²) in [5, 5.41) is 13.3. The number of alkyl halides is 2. The number of aromatic nitrogens is 2. The number of halogens is 2. The number of benzene rings is 1. The van der Waals surface area contributed by atoms with Gasteiger partial charge in [-0.05, 0) is 24.3 Å². The molecule has 144 valence electrons. The molecule has 2 aliphatic rings. The maximum atomic E-state index is 13.0. The maximum absolute atomic E-state index is 13.0. The van der Waals surface area contributed by atoms with Crippen LogP contribution in [0.25, 0.3) is 0 Å². The lowest BCUT2D eigenvalue weighted by Crippen LogP contribution is -2.59. The van der Waals surface area contributed by atoms with E-state index in [9.17, 15) is 18.4 Å². The molecule has 3 heterocycles. The molecule has 0 N–H and O–H groups in total. The second kappa shape index (κ2) is 6.71. The summed E-state index contributed by atoms with van der Waals surface area (Å²) in [5.41, 5.74) is 1.54. The second-order valence-electron chi connectivity index (χ2n) is 7.11. The van der Waals surface area contributed by atoms with Crippen LogP contribution >= 0.6 is 0 Å². The Kier molecular flexibility index (Phi) is 4.34. The third-order valence-electron chi connectivity index (χ3n) is 5.02. The zero-order valence-corrected chi connectivity index (χ0v) is 14.9. The molecule has 1 saturated heterocycles. The van der Waals surface area contributed by atoms with Crippen LogP contribution in [0.3, 0.4) is 0 Å². The topological polar surface area (TPSA) is 82.2 Å². The van der Waals surface area contributed by atoms with Crippen molar-refractivity contribution in [1.82, 2.24) is 19.6 Å². The molecule has 1 aromatic heterocycles. The zero-order valence-electron chi connectivity index (χ0n) is 14.9. The van der Waals surface area contributed by atoms with Crippen molar-refractivity contribution >= 4 is 11.8 Å². The molecule has 0 spiro atoms. The summed E-state index contributed by atoms with van der Waals surface area (Å²) >= 11 is 0. The zero-order chi connectivity index (χ0) is 19.9. The highest BCUT2D eigenvalue weighted by Gasteiger charge is 2.46. The van der Waals surface area contributed by atoms with E-state index in [1.165, 1.54) is 6.07 Å². The Morgan fingerprint density at radius 2 is 2.04 bits per heavy atom. The van der Waals surface area contributed by atoms with Crippen LogP contribution < -0.4 is 0 Å². The van der Waals surface area contributed by atoms with Gasteiger partial charge in [0, 0.05) is 18.3 Å². The number of likely N-dealkylation sites (tertiary alicyclic amines) is 1. The van der Waals surface area contributed by atoms with Crippen molar-refractivity contribution in [1.29, 1.82) is 5.26 Å². The molecule has 0 radical (unpaired) electrons. The molecule has 9 heteroatoms. The number of hydrogen-bond donors (Lipinski definition) is 0. The fraction of sp³-hybridized carbons (Fsp3) is 0.368. The Labute approximate surface area is 159 Å². The molecule has 0 aliphatic carbocycles. The van der Waals surface area contributed by atoms with Crippen molar-refractivity contribution in [2.24, 2.45) is 0 Å². The minimum Gasteiger partial charge on any atom is -0.331 e. The third kappa shape index (κ3) is 3.33. The Bertz CT molecular complexity index is 973. The molecule has 0 unspecified atom stereocenters. The SMILES string of the molecule is N#Cc1cccc(C(=O)N2Cc3ccnn3[C@H](CC(=O)N3CC(F)(F)C3)C2)c1. The van der Waals surface area contributed by atoms with Crippen molar-refractivity contribution in [2.45, 2.75) is 24.9 Å². The molecule has 2 aromatic rings. The first-order valence-corrected chi connectivity index (χ1v) is 8.84. The van der Waals surface area contributed by atoms with Crippen molar-refractivity contribution in [3.05, 3.63) is 53.3 Å². The molecule has 7 nitrogen and oxygen atoms in total. The van der Waals surface area contributed by atoms with Crippen LogP contribution in [0.15, 0.2) is 36.5 Å². The molecular formula is C19H17F2N5O2.